The van der Waals surface area contributed by atoms with Gasteiger partial charge in [-0.05, 0) is 79.4 Å². The minimum absolute atomic E-state index is 0. The van der Waals surface area contributed by atoms with Crippen molar-refractivity contribution in [2.75, 3.05) is 23.7 Å². The fourth-order valence-corrected chi connectivity index (χ4v) is 4.29. The fourth-order valence-electron chi connectivity index (χ4n) is 4.00. The van der Waals surface area contributed by atoms with Crippen LogP contribution >= 0.6 is 35.6 Å². The van der Waals surface area contributed by atoms with Crippen LogP contribution in [0.3, 0.4) is 0 Å². The number of nitrogens with one attached hydrogen (secondary N) is 3. The van der Waals surface area contributed by atoms with Gasteiger partial charge in [-0.25, -0.2) is 4.98 Å². The number of aromatic nitrogens is 1. The molecule has 3 N–H and O–H groups in total. The summed E-state index contributed by atoms with van der Waals surface area (Å²) >= 11 is 12.1. The van der Waals surface area contributed by atoms with Crippen LogP contribution in [0.2, 0.25) is 10.0 Å². The number of benzene rings is 2. The van der Waals surface area contributed by atoms with Crippen molar-refractivity contribution in [3.05, 3.63) is 81.5 Å². The Bertz CT molecular complexity index is 1290. The van der Waals surface area contributed by atoms with Gasteiger partial charge in [0.1, 0.15) is 17.7 Å². The molecule has 0 unspecified atom stereocenters. The molecule has 202 valence electrons. The van der Waals surface area contributed by atoms with Gasteiger partial charge in [-0.3, -0.25) is 9.59 Å². The summed E-state index contributed by atoms with van der Waals surface area (Å²) in [7, 11) is 0. The van der Waals surface area contributed by atoms with E-state index in [1.165, 1.54) is 12.3 Å². The summed E-state index contributed by atoms with van der Waals surface area (Å²) in [6, 6.07) is 13.6. The number of ether oxygens (including phenoxy) is 1. The van der Waals surface area contributed by atoms with E-state index in [4.69, 9.17) is 27.9 Å². The molecule has 0 saturated carbocycles. The van der Waals surface area contributed by atoms with Crippen LogP contribution in [0.5, 0.6) is 5.75 Å². The second-order valence-electron chi connectivity index (χ2n) is 9.99. The van der Waals surface area contributed by atoms with Gasteiger partial charge >= 0.3 is 0 Å². The van der Waals surface area contributed by atoms with Gasteiger partial charge in [0.25, 0.3) is 11.8 Å². The van der Waals surface area contributed by atoms with Crippen LogP contribution in [0.15, 0.2) is 54.7 Å². The maximum absolute atomic E-state index is 13.5. The standard InChI is InChI=1S/C28H30Cl2N4O3.ClH/c1-28(2,3)17-4-7-21(24(14-17)37-20-10-12-31-13-11-20)26(35)33-23-8-5-18(29)15-22(23)27(36)34-25-9-6-19(30)16-32-25;/h4-9,14-16,20,31H,10-13H2,1-3H3,(H,33,35)(H,32,34,36);1H. The third-order valence-electron chi connectivity index (χ3n) is 6.12. The lowest BCUT2D eigenvalue weighted by molar-refractivity contribution is 0.101. The van der Waals surface area contributed by atoms with Gasteiger partial charge in [-0.15, -0.1) is 12.4 Å². The highest BCUT2D eigenvalue weighted by Crippen LogP contribution is 2.31. The molecule has 0 atom stereocenters. The molecule has 10 heteroatoms. The molecule has 1 saturated heterocycles. The van der Waals surface area contributed by atoms with Gasteiger partial charge in [0.15, 0.2) is 0 Å². The average Bonchev–Trinajstić information content (AvgIpc) is 2.86. The van der Waals surface area contributed by atoms with Crippen LogP contribution in [0, 0.1) is 0 Å². The first-order valence-electron chi connectivity index (χ1n) is 12.2. The third-order valence-corrected chi connectivity index (χ3v) is 6.57. The summed E-state index contributed by atoms with van der Waals surface area (Å²) in [6.45, 7) is 8.09. The monoisotopic (exact) mass is 576 g/mol. The quantitative estimate of drug-likeness (QED) is 0.302. The normalized spacial score (nSPS) is 13.8. The van der Waals surface area contributed by atoms with Crippen LogP contribution in [-0.4, -0.2) is 36.0 Å². The van der Waals surface area contributed by atoms with Crippen molar-refractivity contribution in [1.29, 1.82) is 0 Å². The van der Waals surface area contributed by atoms with Crippen LogP contribution in [0.25, 0.3) is 0 Å². The van der Waals surface area contributed by atoms with Crippen molar-refractivity contribution in [3.63, 3.8) is 0 Å². The lowest BCUT2D eigenvalue weighted by Crippen LogP contribution is -2.34. The highest BCUT2D eigenvalue weighted by atomic mass is 35.5. The number of anilines is 2. The van der Waals surface area contributed by atoms with Crippen molar-refractivity contribution < 1.29 is 14.3 Å². The number of halogens is 3. The maximum Gasteiger partial charge on any atom is 0.259 e. The molecule has 3 aromatic rings. The van der Waals surface area contributed by atoms with E-state index in [1.807, 2.05) is 12.1 Å². The zero-order valence-electron chi connectivity index (χ0n) is 21.4. The molecule has 7 nitrogen and oxygen atoms in total. The molecule has 1 aromatic heterocycles. The SMILES string of the molecule is CC(C)(C)c1ccc(C(=O)Nc2ccc(Cl)cc2C(=O)Nc2ccc(Cl)cn2)c(OC2CCNCC2)c1.Cl. The Hall–Kier alpha value is -2.84. The van der Waals surface area contributed by atoms with Crippen LogP contribution in [-0.2, 0) is 5.41 Å². The topological polar surface area (TPSA) is 92.4 Å². The summed E-state index contributed by atoms with van der Waals surface area (Å²) in [6.07, 6.45) is 3.18. The molecule has 1 aliphatic rings. The lowest BCUT2D eigenvalue weighted by Gasteiger charge is -2.27. The van der Waals surface area contributed by atoms with Crippen molar-refractivity contribution in [2.45, 2.75) is 45.1 Å². The number of amides is 2. The second-order valence-corrected chi connectivity index (χ2v) is 10.9. The first-order chi connectivity index (χ1) is 17.6. The number of pyridine rings is 1. The van der Waals surface area contributed by atoms with Gasteiger partial charge < -0.3 is 20.7 Å². The highest BCUT2D eigenvalue weighted by molar-refractivity contribution is 6.31. The second kappa shape index (κ2) is 12.8. The maximum atomic E-state index is 13.5. The summed E-state index contributed by atoms with van der Waals surface area (Å²) in [5, 5.41) is 9.72. The number of piperidine rings is 1. The smallest absolute Gasteiger partial charge is 0.259 e. The zero-order valence-corrected chi connectivity index (χ0v) is 23.8. The molecule has 38 heavy (non-hydrogen) atoms. The number of rotatable bonds is 6. The molecule has 0 aliphatic carbocycles. The molecule has 0 spiro atoms. The van der Waals surface area contributed by atoms with E-state index >= 15 is 0 Å². The Morgan fingerprint density at radius 1 is 0.921 bits per heavy atom. The van der Waals surface area contributed by atoms with E-state index < -0.39 is 5.91 Å². The van der Waals surface area contributed by atoms with Gasteiger partial charge in [0.05, 0.1) is 21.8 Å². The third kappa shape index (κ3) is 7.60. The van der Waals surface area contributed by atoms with E-state index in [-0.39, 0.29) is 35.4 Å². The highest BCUT2D eigenvalue weighted by Gasteiger charge is 2.24. The van der Waals surface area contributed by atoms with E-state index in [0.29, 0.717) is 32.9 Å². The Kier molecular flexibility index (Phi) is 10.0. The van der Waals surface area contributed by atoms with Crippen LogP contribution in [0.4, 0.5) is 11.5 Å². The van der Waals surface area contributed by atoms with Gasteiger partial charge in [0.2, 0.25) is 0 Å². The van der Waals surface area contributed by atoms with E-state index in [1.54, 1.807) is 30.3 Å². The van der Waals surface area contributed by atoms with Crippen molar-refractivity contribution in [2.24, 2.45) is 0 Å². The molecule has 0 radical (unpaired) electrons. The molecule has 1 aliphatic heterocycles. The summed E-state index contributed by atoms with van der Waals surface area (Å²) in [5.41, 5.74) is 1.86. The molecule has 4 rings (SSSR count). The van der Waals surface area contributed by atoms with Crippen molar-refractivity contribution in [3.8, 4) is 5.75 Å². The zero-order chi connectivity index (χ0) is 26.6. The van der Waals surface area contributed by atoms with E-state index in [0.717, 1.165) is 31.5 Å². The largest absolute Gasteiger partial charge is 0.489 e. The predicted molar refractivity (Wildman–Crippen MR) is 156 cm³/mol. The van der Waals surface area contributed by atoms with Crippen molar-refractivity contribution in [1.82, 2.24) is 10.3 Å². The Morgan fingerprint density at radius 3 is 2.26 bits per heavy atom. The Balaban J connectivity index is 0.00000400. The molecule has 2 amide bonds. The van der Waals surface area contributed by atoms with Gasteiger partial charge in [0, 0.05) is 11.2 Å². The van der Waals surface area contributed by atoms with Crippen LogP contribution in [0.1, 0.15) is 59.9 Å². The number of nitrogens with zero attached hydrogens (tertiary/aromatic N) is 1. The molecule has 1 fully saturated rings. The molecule has 2 aromatic carbocycles. The van der Waals surface area contributed by atoms with E-state index in [2.05, 4.69) is 41.7 Å². The number of hydrogen-bond acceptors (Lipinski definition) is 5. The number of hydrogen-bond donors (Lipinski definition) is 3. The number of carbonyl (C=O) groups is 2. The first-order valence-corrected chi connectivity index (χ1v) is 12.9. The summed E-state index contributed by atoms with van der Waals surface area (Å²) in [4.78, 5) is 30.6. The van der Waals surface area contributed by atoms with Crippen molar-refractivity contribution >= 4 is 58.9 Å². The molecular formula is C28H31Cl3N4O3. The number of carbonyl (C=O) groups excluding carboxylic acids is 2. The first kappa shape index (κ1) is 29.7. The minimum atomic E-state index is -0.470. The van der Waals surface area contributed by atoms with Gasteiger partial charge in [-0.2, -0.15) is 0 Å². The molecular weight excluding hydrogens is 547 g/mol. The predicted octanol–water partition coefficient (Wildman–Crippen LogP) is 6.74. The molecule has 0 bridgehead atoms. The lowest BCUT2D eigenvalue weighted by atomic mass is 9.86. The Morgan fingerprint density at radius 2 is 1.61 bits per heavy atom. The van der Waals surface area contributed by atoms with Crippen LogP contribution < -0.4 is 20.7 Å². The summed E-state index contributed by atoms with van der Waals surface area (Å²) in [5.74, 6) is -0.00324. The minimum Gasteiger partial charge on any atom is -0.489 e. The van der Waals surface area contributed by atoms with Gasteiger partial charge in [-0.1, -0.05) is 50.0 Å². The Labute approximate surface area is 239 Å². The van der Waals surface area contributed by atoms with E-state index in [9.17, 15) is 9.59 Å². The molecule has 2 heterocycles. The fraction of sp³-hybridized carbons (Fsp3) is 0.321. The average molecular weight is 578 g/mol. The summed E-state index contributed by atoms with van der Waals surface area (Å²) < 4.78 is 6.35.